The van der Waals surface area contributed by atoms with Crippen LogP contribution in [0.3, 0.4) is 0 Å². The Morgan fingerprint density at radius 3 is 2.75 bits per heavy atom. The lowest BCUT2D eigenvalue weighted by Gasteiger charge is -2.19. The van der Waals surface area contributed by atoms with Gasteiger partial charge in [-0.25, -0.2) is 4.79 Å². The van der Waals surface area contributed by atoms with E-state index >= 15 is 0 Å². The Labute approximate surface area is 144 Å². The number of rotatable bonds is 4. The molecule has 0 unspecified atom stereocenters. The number of carbonyl (C=O) groups is 1. The maximum Gasteiger partial charge on any atom is 0.321 e. The van der Waals surface area contributed by atoms with Gasteiger partial charge < -0.3 is 5.32 Å². The summed E-state index contributed by atoms with van der Waals surface area (Å²) in [5.41, 5.74) is 1.56. The number of hydrogen-bond acceptors (Lipinski definition) is 3. The SMILES string of the molecule is Cn1ccc(NC(=O)N[C@@H](c2cccc(Cl)c2)c2ccccn2)n1. The summed E-state index contributed by atoms with van der Waals surface area (Å²) in [4.78, 5) is 16.7. The maximum atomic E-state index is 12.3. The Morgan fingerprint density at radius 1 is 1.21 bits per heavy atom. The summed E-state index contributed by atoms with van der Waals surface area (Å²) in [7, 11) is 1.78. The monoisotopic (exact) mass is 341 g/mol. The molecule has 24 heavy (non-hydrogen) atoms. The Bertz CT molecular complexity index is 834. The third kappa shape index (κ3) is 3.91. The van der Waals surface area contributed by atoms with Crippen LogP contribution in [-0.4, -0.2) is 20.8 Å². The maximum absolute atomic E-state index is 12.3. The van der Waals surface area contributed by atoms with Crippen molar-refractivity contribution in [3.8, 4) is 0 Å². The van der Waals surface area contributed by atoms with Crippen molar-refractivity contribution in [1.29, 1.82) is 0 Å². The van der Waals surface area contributed by atoms with Crippen LogP contribution in [0.15, 0.2) is 60.9 Å². The van der Waals surface area contributed by atoms with Crippen LogP contribution in [0, 0.1) is 0 Å². The first-order valence-corrected chi connectivity index (χ1v) is 7.73. The van der Waals surface area contributed by atoms with Gasteiger partial charge in [-0.2, -0.15) is 5.10 Å². The second kappa shape index (κ2) is 7.14. The highest BCUT2D eigenvalue weighted by atomic mass is 35.5. The molecule has 3 rings (SSSR count). The summed E-state index contributed by atoms with van der Waals surface area (Å²) in [6, 6.07) is 13.8. The molecule has 122 valence electrons. The Kier molecular flexibility index (Phi) is 4.77. The van der Waals surface area contributed by atoms with Gasteiger partial charge in [0, 0.05) is 30.5 Å². The molecule has 1 aromatic carbocycles. The van der Waals surface area contributed by atoms with E-state index < -0.39 is 6.04 Å². The average molecular weight is 342 g/mol. The van der Waals surface area contributed by atoms with Gasteiger partial charge in [0.2, 0.25) is 0 Å². The number of aryl methyl sites for hydroxylation is 1. The number of halogens is 1. The van der Waals surface area contributed by atoms with Gasteiger partial charge in [-0.3, -0.25) is 15.0 Å². The minimum absolute atomic E-state index is 0.371. The van der Waals surface area contributed by atoms with Crippen LogP contribution < -0.4 is 10.6 Å². The Hall–Kier alpha value is -2.86. The van der Waals surface area contributed by atoms with Gasteiger partial charge in [0.1, 0.15) is 0 Å². The zero-order valence-corrected chi connectivity index (χ0v) is 13.7. The predicted molar refractivity (Wildman–Crippen MR) is 92.9 cm³/mol. The summed E-state index contributed by atoms with van der Waals surface area (Å²) >= 11 is 6.08. The molecule has 6 nitrogen and oxygen atoms in total. The Balaban J connectivity index is 1.83. The van der Waals surface area contributed by atoms with Gasteiger partial charge in [-0.1, -0.05) is 29.8 Å². The van der Waals surface area contributed by atoms with Crippen LogP contribution in [0.1, 0.15) is 17.3 Å². The molecule has 0 radical (unpaired) electrons. The summed E-state index contributed by atoms with van der Waals surface area (Å²) in [5.74, 6) is 0.473. The average Bonchev–Trinajstić information content (AvgIpc) is 2.98. The number of nitrogens with one attached hydrogen (secondary N) is 2. The van der Waals surface area contributed by atoms with Crippen LogP contribution in [0.5, 0.6) is 0 Å². The summed E-state index contributed by atoms with van der Waals surface area (Å²) in [6.45, 7) is 0. The zero-order valence-electron chi connectivity index (χ0n) is 13.0. The standard InChI is InChI=1S/C17H16ClN5O/c1-23-10-8-15(22-23)20-17(24)21-16(14-7-2-3-9-19-14)12-5-4-6-13(18)11-12/h2-11,16H,1H3,(H2,20,21,22,24)/t16-/m0/s1. The van der Waals surface area contributed by atoms with Crippen molar-refractivity contribution in [3.63, 3.8) is 0 Å². The fourth-order valence-electron chi connectivity index (χ4n) is 2.33. The Morgan fingerprint density at radius 2 is 2.08 bits per heavy atom. The van der Waals surface area contributed by atoms with Gasteiger partial charge in [0.05, 0.1) is 11.7 Å². The van der Waals surface area contributed by atoms with Crippen molar-refractivity contribution in [2.24, 2.45) is 7.05 Å². The first kappa shape index (κ1) is 16.0. The minimum atomic E-state index is -0.423. The van der Waals surface area contributed by atoms with Crippen molar-refractivity contribution >= 4 is 23.4 Å². The van der Waals surface area contributed by atoms with Gasteiger partial charge in [0.25, 0.3) is 0 Å². The van der Waals surface area contributed by atoms with Gasteiger partial charge in [-0.05, 0) is 29.8 Å². The van der Waals surface area contributed by atoms with Gasteiger partial charge >= 0.3 is 6.03 Å². The highest BCUT2D eigenvalue weighted by Crippen LogP contribution is 2.23. The van der Waals surface area contributed by atoms with E-state index in [2.05, 4.69) is 20.7 Å². The molecule has 0 spiro atoms. The van der Waals surface area contributed by atoms with Crippen molar-refractivity contribution in [2.45, 2.75) is 6.04 Å². The fourth-order valence-corrected chi connectivity index (χ4v) is 2.52. The first-order valence-electron chi connectivity index (χ1n) is 7.35. The van der Waals surface area contributed by atoms with E-state index in [9.17, 15) is 4.79 Å². The van der Waals surface area contributed by atoms with Gasteiger partial charge in [-0.15, -0.1) is 0 Å². The van der Waals surface area contributed by atoms with Crippen LogP contribution in [0.2, 0.25) is 5.02 Å². The highest BCUT2D eigenvalue weighted by Gasteiger charge is 2.18. The summed E-state index contributed by atoms with van der Waals surface area (Å²) < 4.78 is 1.61. The topological polar surface area (TPSA) is 71.8 Å². The van der Waals surface area contributed by atoms with E-state index in [0.717, 1.165) is 11.3 Å². The number of nitrogens with zero attached hydrogens (tertiary/aromatic N) is 3. The van der Waals surface area contributed by atoms with E-state index in [4.69, 9.17) is 11.6 Å². The molecule has 0 aliphatic heterocycles. The number of carbonyl (C=O) groups excluding carboxylic acids is 1. The third-order valence-electron chi connectivity index (χ3n) is 3.40. The molecule has 0 saturated heterocycles. The van der Waals surface area contributed by atoms with Crippen LogP contribution in [0.4, 0.5) is 10.6 Å². The number of amides is 2. The van der Waals surface area contributed by atoms with Gasteiger partial charge in [0.15, 0.2) is 5.82 Å². The number of hydrogen-bond donors (Lipinski definition) is 2. The highest BCUT2D eigenvalue weighted by molar-refractivity contribution is 6.30. The summed E-state index contributed by atoms with van der Waals surface area (Å²) in [6.07, 6.45) is 3.44. The van der Waals surface area contributed by atoms with E-state index in [-0.39, 0.29) is 6.03 Å². The van der Waals surface area contributed by atoms with Crippen LogP contribution in [0.25, 0.3) is 0 Å². The van der Waals surface area contributed by atoms with Crippen LogP contribution >= 0.6 is 11.6 Å². The predicted octanol–water partition coefficient (Wildman–Crippen LogP) is 3.38. The van der Waals surface area contributed by atoms with Crippen molar-refractivity contribution in [1.82, 2.24) is 20.1 Å². The van der Waals surface area contributed by atoms with Crippen LogP contribution in [-0.2, 0) is 7.05 Å². The lowest BCUT2D eigenvalue weighted by atomic mass is 10.0. The molecule has 2 heterocycles. The zero-order chi connectivity index (χ0) is 16.9. The third-order valence-corrected chi connectivity index (χ3v) is 3.63. The molecule has 0 saturated carbocycles. The van der Waals surface area contributed by atoms with Crippen molar-refractivity contribution in [3.05, 3.63) is 77.2 Å². The first-order chi connectivity index (χ1) is 11.6. The molecule has 3 aromatic rings. The largest absolute Gasteiger partial charge is 0.325 e. The molecule has 7 heteroatoms. The van der Waals surface area contributed by atoms with Crippen molar-refractivity contribution < 1.29 is 4.79 Å². The second-order valence-electron chi connectivity index (χ2n) is 5.22. The number of pyridine rings is 1. The molecule has 0 bridgehead atoms. The van der Waals surface area contributed by atoms with E-state index in [1.165, 1.54) is 0 Å². The molecular formula is C17H16ClN5O. The molecule has 0 aliphatic carbocycles. The molecule has 2 aromatic heterocycles. The molecule has 2 amide bonds. The molecule has 0 aliphatic rings. The molecular weight excluding hydrogens is 326 g/mol. The normalized spacial score (nSPS) is 11.8. The molecule has 0 fully saturated rings. The van der Waals surface area contributed by atoms with E-state index in [1.807, 2.05) is 36.4 Å². The second-order valence-corrected chi connectivity index (χ2v) is 5.65. The summed E-state index contributed by atoms with van der Waals surface area (Å²) in [5, 5.41) is 10.3. The van der Waals surface area contributed by atoms with Crippen molar-refractivity contribution in [2.75, 3.05) is 5.32 Å². The lowest BCUT2D eigenvalue weighted by molar-refractivity contribution is 0.250. The number of anilines is 1. The number of benzene rings is 1. The number of urea groups is 1. The quantitative estimate of drug-likeness (QED) is 0.764. The number of aromatic nitrogens is 3. The molecule has 2 N–H and O–H groups in total. The molecule has 1 atom stereocenters. The lowest BCUT2D eigenvalue weighted by Crippen LogP contribution is -2.33. The van der Waals surface area contributed by atoms with E-state index in [0.29, 0.717) is 10.8 Å². The fraction of sp³-hybridized carbons (Fsp3) is 0.118. The van der Waals surface area contributed by atoms with E-state index in [1.54, 1.807) is 36.3 Å². The minimum Gasteiger partial charge on any atom is -0.325 e. The smallest absolute Gasteiger partial charge is 0.321 e.